The van der Waals surface area contributed by atoms with Crippen LogP contribution in [0, 0.1) is 6.92 Å². The van der Waals surface area contributed by atoms with E-state index in [4.69, 9.17) is 4.42 Å². The van der Waals surface area contributed by atoms with Gasteiger partial charge >= 0.3 is 0 Å². The molecule has 1 amide bonds. The van der Waals surface area contributed by atoms with Gasteiger partial charge in [-0.05, 0) is 44.2 Å². The molecule has 26 heavy (non-hydrogen) atoms. The summed E-state index contributed by atoms with van der Waals surface area (Å²) in [7, 11) is 0. The zero-order valence-electron chi connectivity index (χ0n) is 14.5. The van der Waals surface area contributed by atoms with E-state index in [2.05, 4.69) is 20.6 Å². The number of nitrogens with one attached hydrogen (secondary N) is 1. The highest BCUT2D eigenvalue weighted by molar-refractivity contribution is 5.91. The van der Waals surface area contributed by atoms with Crippen LogP contribution in [0.4, 0.5) is 5.82 Å². The highest BCUT2D eigenvalue weighted by Crippen LogP contribution is 2.26. The minimum Gasteiger partial charge on any atom is -0.461 e. The summed E-state index contributed by atoms with van der Waals surface area (Å²) in [6.07, 6.45) is 3.27. The zero-order valence-corrected chi connectivity index (χ0v) is 14.5. The first-order chi connectivity index (χ1) is 12.6. The Kier molecular flexibility index (Phi) is 4.00. The monoisotopic (exact) mass is 350 g/mol. The quantitative estimate of drug-likeness (QED) is 0.598. The molecule has 0 aliphatic rings. The number of furan rings is 1. The third-order valence-electron chi connectivity index (χ3n) is 4.05. The van der Waals surface area contributed by atoms with Crippen molar-refractivity contribution in [2.75, 3.05) is 5.32 Å². The van der Waals surface area contributed by atoms with Gasteiger partial charge in [-0.3, -0.25) is 9.48 Å². The van der Waals surface area contributed by atoms with E-state index in [1.54, 1.807) is 10.9 Å². The van der Waals surface area contributed by atoms with Crippen LogP contribution < -0.4 is 5.32 Å². The van der Waals surface area contributed by atoms with Crippen LogP contribution in [0.1, 0.15) is 12.7 Å². The molecule has 0 atom stereocenters. The minimum absolute atomic E-state index is 0.0989. The molecule has 4 rings (SSSR count). The summed E-state index contributed by atoms with van der Waals surface area (Å²) in [5.74, 6) is 1.91. The first-order valence-electron chi connectivity index (χ1n) is 8.35. The van der Waals surface area contributed by atoms with E-state index < -0.39 is 0 Å². The number of carbonyl (C=O) groups is 1. The van der Waals surface area contributed by atoms with Crippen molar-refractivity contribution in [3.63, 3.8) is 0 Å². The predicted octanol–water partition coefficient (Wildman–Crippen LogP) is 2.85. The highest BCUT2D eigenvalue weighted by atomic mass is 16.3. The number of aromatic nitrogens is 5. The number of fused-ring (bicyclic) bond motifs is 1. The largest absolute Gasteiger partial charge is 0.461 e. The van der Waals surface area contributed by atoms with E-state index in [0.717, 1.165) is 28.0 Å². The van der Waals surface area contributed by atoms with Gasteiger partial charge in [0, 0.05) is 10.9 Å². The number of benzene rings is 1. The van der Waals surface area contributed by atoms with Gasteiger partial charge in [0.05, 0.1) is 24.5 Å². The van der Waals surface area contributed by atoms with Crippen LogP contribution in [0.15, 0.2) is 47.1 Å². The summed E-state index contributed by atoms with van der Waals surface area (Å²) in [5.41, 5.74) is 1.86. The Balaban J connectivity index is 1.52. The molecular formula is C18H18N6O2. The Hall–Kier alpha value is -3.42. The summed E-state index contributed by atoms with van der Waals surface area (Å²) in [4.78, 5) is 13.8. The Morgan fingerprint density at radius 1 is 1.19 bits per heavy atom. The van der Waals surface area contributed by atoms with Crippen LogP contribution in [0.25, 0.3) is 22.2 Å². The number of aryl methyl sites for hydroxylation is 2. The molecule has 132 valence electrons. The normalized spacial score (nSPS) is 11.2. The van der Waals surface area contributed by atoms with Gasteiger partial charge in [0.15, 0.2) is 5.82 Å². The Labute approximate surface area is 149 Å². The van der Waals surface area contributed by atoms with Crippen LogP contribution in [0.2, 0.25) is 0 Å². The maximum Gasteiger partial charge on any atom is 0.247 e. The molecule has 0 aliphatic heterocycles. The van der Waals surface area contributed by atoms with E-state index in [1.807, 2.05) is 44.2 Å². The summed E-state index contributed by atoms with van der Waals surface area (Å²) < 4.78 is 7.32. The number of nitrogens with zero attached hydrogens (tertiary/aromatic N) is 5. The fraction of sp³-hybridized carbons (Fsp3) is 0.222. The lowest BCUT2D eigenvalue weighted by Gasteiger charge is -2.04. The number of hydrogen-bond acceptors (Lipinski definition) is 5. The fourth-order valence-electron chi connectivity index (χ4n) is 2.78. The molecule has 8 heteroatoms. The Morgan fingerprint density at radius 3 is 2.81 bits per heavy atom. The highest BCUT2D eigenvalue weighted by Gasteiger charge is 2.11. The van der Waals surface area contributed by atoms with E-state index in [0.29, 0.717) is 12.4 Å². The molecule has 8 nitrogen and oxygen atoms in total. The Morgan fingerprint density at radius 2 is 2.08 bits per heavy atom. The van der Waals surface area contributed by atoms with Crippen molar-refractivity contribution >= 4 is 22.6 Å². The third-order valence-corrected chi connectivity index (χ3v) is 4.05. The van der Waals surface area contributed by atoms with Gasteiger partial charge in [-0.15, -0.1) is 5.10 Å². The fourth-order valence-corrected chi connectivity index (χ4v) is 2.78. The van der Waals surface area contributed by atoms with Gasteiger partial charge in [-0.2, -0.15) is 15.0 Å². The molecule has 0 radical (unpaired) electrons. The standard InChI is InChI=1S/C18H18N6O2/c1-3-24-20-10-17(22-24)21-18(25)11-23-15-6-5-13(8-14(15)9-19-23)16-7-4-12(2)26-16/h4-10H,3,11H2,1-2H3,(H,21,22,25). The van der Waals surface area contributed by atoms with Crippen LogP contribution in [0.3, 0.4) is 0 Å². The molecule has 0 bridgehead atoms. The van der Waals surface area contributed by atoms with Crippen LogP contribution >= 0.6 is 0 Å². The second kappa shape index (κ2) is 6.47. The molecule has 4 aromatic rings. The average molecular weight is 350 g/mol. The summed E-state index contributed by atoms with van der Waals surface area (Å²) >= 11 is 0. The molecule has 0 aliphatic carbocycles. The zero-order chi connectivity index (χ0) is 18.1. The predicted molar refractivity (Wildman–Crippen MR) is 96.5 cm³/mol. The van der Waals surface area contributed by atoms with E-state index in [1.165, 1.54) is 11.0 Å². The molecule has 0 saturated carbocycles. The van der Waals surface area contributed by atoms with Crippen molar-refractivity contribution in [1.29, 1.82) is 0 Å². The van der Waals surface area contributed by atoms with Crippen molar-refractivity contribution < 1.29 is 9.21 Å². The van der Waals surface area contributed by atoms with Gasteiger partial charge in [0.2, 0.25) is 5.91 Å². The SMILES string of the molecule is CCn1ncc(NC(=O)Cn2ncc3cc(-c4ccc(C)o4)ccc32)n1. The maximum absolute atomic E-state index is 12.2. The first-order valence-corrected chi connectivity index (χ1v) is 8.35. The molecule has 1 aromatic carbocycles. The van der Waals surface area contributed by atoms with Crippen molar-refractivity contribution in [3.8, 4) is 11.3 Å². The average Bonchev–Trinajstić information content (AvgIpc) is 3.35. The lowest BCUT2D eigenvalue weighted by molar-refractivity contribution is -0.116. The van der Waals surface area contributed by atoms with Gasteiger partial charge in [0.1, 0.15) is 18.1 Å². The maximum atomic E-state index is 12.2. The molecule has 3 aromatic heterocycles. The van der Waals surface area contributed by atoms with E-state index in [9.17, 15) is 4.79 Å². The van der Waals surface area contributed by atoms with Crippen molar-refractivity contribution in [2.24, 2.45) is 0 Å². The Bertz CT molecular complexity index is 1070. The van der Waals surface area contributed by atoms with Gasteiger partial charge < -0.3 is 9.73 Å². The number of carbonyl (C=O) groups excluding carboxylic acids is 1. The first kappa shape index (κ1) is 16.1. The third kappa shape index (κ3) is 3.08. The molecule has 0 spiro atoms. The smallest absolute Gasteiger partial charge is 0.247 e. The van der Waals surface area contributed by atoms with Crippen LogP contribution in [-0.4, -0.2) is 30.7 Å². The van der Waals surface area contributed by atoms with Crippen molar-refractivity contribution in [3.05, 3.63) is 48.5 Å². The number of amides is 1. The van der Waals surface area contributed by atoms with Crippen LogP contribution in [0.5, 0.6) is 0 Å². The molecule has 0 saturated heterocycles. The van der Waals surface area contributed by atoms with Crippen molar-refractivity contribution in [2.45, 2.75) is 26.9 Å². The molecule has 1 N–H and O–H groups in total. The lowest BCUT2D eigenvalue weighted by atomic mass is 10.1. The van der Waals surface area contributed by atoms with E-state index >= 15 is 0 Å². The van der Waals surface area contributed by atoms with E-state index in [-0.39, 0.29) is 12.5 Å². The van der Waals surface area contributed by atoms with Crippen molar-refractivity contribution in [1.82, 2.24) is 24.8 Å². The van der Waals surface area contributed by atoms with Gasteiger partial charge in [-0.1, -0.05) is 0 Å². The number of rotatable bonds is 5. The molecule has 3 heterocycles. The number of anilines is 1. The molecular weight excluding hydrogens is 332 g/mol. The topological polar surface area (TPSA) is 90.8 Å². The summed E-state index contributed by atoms with van der Waals surface area (Å²) in [6.45, 7) is 4.59. The summed E-state index contributed by atoms with van der Waals surface area (Å²) in [6, 6.07) is 9.78. The molecule has 0 fully saturated rings. The lowest BCUT2D eigenvalue weighted by Crippen LogP contribution is -2.19. The minimum atomic E-state index is -0.205. The van der Waals surface area contributed by atoms with Gasteiger partial charge in [-0.25, -0.2) is 0 Å². The summed E-state index contributed by atoms with van der Waals surface area (Å²) in [5, 5.41) is 16.2. The second-order valence-corrected chi connectivity index (χ2v) is 5.95. The second-order valence-electron chi connectivity index (χ2n) is 5.95. The van der Waals surface area contributed by atoms with Crippen LogP contribution in [-0.2, 0) is 17.9 Å². The number of hydrogen-bond donors (Lipinski definition) is 1. The molecule has 0 unspecified atom stereocenters. The van der Waals surface area contributed by atoms with Gasteiger partial charge in [0.25, 0.3) is 0 Å².